The van der Waals surface area contributed by atoms with E-state index < -0.39 is 10.0 Å². The van der Waals surface area contributed by atoms with Gasteiger partial charge in [0.05, 0.1) is 11.5 Å². The Morgan fingerprint density at radius 1 is 1.24 bits per heavy atom. The summed E-state index contributed by atoms with van der Waals surface area (Å²) >= 11 is 0. The van der Waals surface area contributed by atoms with Crippen LogP contribution in [0.3, 0.4) is 0 Å². The van der Waals surface area contributed by atoms with Crippen molar-refractivity contribution in [1.82, 2.24) is 14.7 Å². The van der Waals surface area contributed by atoms with Crippen molar-refractivity contribution < 1.29 is 13.2 Å². The fourth-order valence-electron chi connectivity index (χ4n) is 2.88. The molecule has 1 saturated heterocycles. The normalized spacial score (nSPS) is 18.1. The minimum Gasteiger partial charge on any atom is -0.494 e. The monoisotopic (exact) mass is 362 g/mol. The first-order chi connectivity index (χ1) is 12.1. The molecule has 3 rings (SSSR count). The second kappa shape index (κ2) is 7.79. The zero-order valence-corrected chi connectivity index (χ0v) is 14.9. The Bertz CT molecular complexity index is 781. The Morgan fingerprint density at radius 3 is 2.64 bits per heavy atom. The molecule has 0 saturated carbocycles. The SMILES string of the molecule is CCOc1ccc(S(=O)(=O)N[C@H]2CCCN(c3ncccn3)C2)cc1. The number of rotatable bonds is 6. The van der Waals surface area contributed by atoms with Crippen molar-refractivity contribution in [1.29, 1.82) is 0 Å². The summed E-state index contributed by atoms with van der Waals surface area (Å²) in [5, 5.41) is 0. The first-order valence-corrected chi connectivity index (χ1v) is 9.84. The Kier molecular flexibility index (Phi) is 5.50. The van der Waals surface area contributed by atoms with Crippen LogP contribution in [0.15, 0.2) is 47.6 Å². The number of aromatic nitrogens is 2. The molecule has 0 unspecified atom stereocenters. The van der Waals surface area contributed by atoms with Crippen LogP contribution in [0.2, 0.25) is 0 Å². The number of sulfonamides is 1. The van der Waals surface area contributed by atoms with Gasteiger partial charge in [0.2, 0.25) is 16.0 Å². The zero-order chi connectivity index (χ0) is 17.7. The molecule has 8 heteroatoms. The molecular weight excluding hydrogens is 340 g/mol. The number of piperidine rings is 1. The fourth-order valence-corrected chi connectivity index (χ4v) is 4.14. The van der Waals surface area contributed by atoms with Gasteiger partial charge in [-0.1, -0.05) is 0 Å². The van der Waals surface area contributed by atoms with E-state index >= 15 is 0 Å². The van der Waals surface area contributed by atoms with Crippen molar-refractivity contribution in [3.63, 3.8) is 0 Å². The summed E-state index contributed by atoms with van der Waals surface area (Å²) in [6.45, 7) is 3.81. The summed E-state index contributed by atoms with van der Waals surface area (Å²) in [7, 11) is -3.57. The number of anilines is 1. The molecule has 2 aromatic rings. The highest BCUT2D eigenvalue weighted by molar-refractivity contribution is 7.89. The minimum absolute atomic E-state index is 0.172. The quantitative estimate of drug-likeness (QED) is 0.844. The lowest BCUT2D eigenvalue weighted by atomic mass is 10.1. The van der Waals surface area contributed by atoms with E-state index in [1.54, 1.807) is 42.7 Å². The molecule has 1 aromatic heterocycles. The lowest BCUT2D eigenvalue weighted by molar-refractivity contribution is 0.340. The van der Waals surface area contributed by atoms with Crippen LogP contribution in [-0.2, 0) is 10.0 Å². The van der Waals surface area contributed by atoms with Crippen LogP contribution in [-0.4, -0.2) is 44.1 Å². The van der Waals surface area contributed by atoms with Crippen LogP contribution >= 0.6 is 0 Å². The molecule has 134 valence electrons. The molecule has 0 aliphatic carbocycles. The Labute approximate surface area is 148 Å². The van der Waals surface area contributed by atoms with Gasteiger partial charge in [0.15, 0.2) is 0 Å². The van der Waals surface area contributed by atoms with E-state index in [2.05, 4.69) is 14.7 Å². The van der Waals surface area contributed by atoms with Crippen LogP contribution in [0.5, 0.6) is 5.75 Å². The van der Waals surface area contributed by atoms with Gasteiger partial charge in [-0.05, 0) is 50.1 Å². The minimum atomic E-state index is -3.57. The van der Waals surface area contributed by atoms with Gasteiger partial charge in [-0.25, -0.2) is 23.1 Å². The summed E-state index contributed by atoms with van der Waals surface area (Å²) in [6.07, 6.45) is 5.06. The first kappa shape index (κ1) is 17.6. The average Bonchev–Trinajstić information content (AvgIpc) is 2.63. The van der Waals surface area contributed by atoms with Crippen molar-refractivity contribution in [2.24, 2.45) is 0 Å². The van der Waals surface area contributed by atoms with E-state index in [4.69, 9.17) is 4.74 Å². The number of ether oxygens (including phenoxy) is 1. The topological polar surface area (TPSA) is 84.4 Å². The fraction of sp³-hybridized carbons (Fsp3) is 0.412. The molecule has 2 heterocycles. The Morgan fingerprint density at radius 2 is 1.96 bits per heavy atom. The lowest BCUT2D eigenvalue weighted by Crippen LogP contribution is -2.48. The number of nitrogens with one attached hydrogen (secondary N) is 1. The third kappa shape index (κ3) is 4.46. The molecule has 1 atom stereocenters. The maximum atomic E-state index is 12.6. The summed E-state index contributed by atoms with van der Waals surface area (Å²) in [5.41, 5.74) is 0. The van der Waals surface area contributed by atoms with Crippen molar-refractivity contribution in [3.8, 4) is 5.75 Å². The van der Waals surface area contributed by atoms with Crippen LogP contribution in [0.4, 0.5) is 5.95 Å². The highest BCUT2D eigenvalue weighted by Crippen LogP contribution is 2.19. The van der Waals surface area contributed by atoms with Gasteiger partial charge in [-0.2, -0.15) is 0 Å². The summed E-state index contributed by atoms with van der Waals surface area (Å²) < 4.78 is 33.4. The maximum Gasteiger partial charge on any atom is 0.240 e. The van der Waals surface area contributed by atoms with Gasteiger partial charge < -0.3 is 9.64 Å². The van der Waals surface area contributed by atoms with Crippen LogP contribution in [0.25, 0.3) is 0 Å². The number of benzene rings is 1. The van der Waals surface area contributed by atoms with Gasteiger partial charge >= 0.3 is 0 Å². The van der Waals surface area contributed by atoms with E-state index in [9.17, 15) is 8.42 Å². The molecular formula is C17H22N4O3S. The summed E-state index contributed by atoms with van der Waals surface area (Å²) in [4.78, 5) is 10.7. The largest absolute Gasteiger partial charge is 0.494 e. The average molecular weight is 362 g/mol. The molecule has 1 N–H and O–H groups in total. The standard InChI is InChI=1S/C17H22N4O3S/c1-2-24-15-6-8-16(9-7-15)25(22,23)20-14-5-3-12-21(13-14)17-18-10-4-11-19-17/h4,6-11,14,20H,2-3,5,12-13H2,1H3/t14-/m0/s1. The van der Waals surface area contributed by atoms with Crippen LogP contribution < -0.4 is 14.4 Å². The number of nitrogens with zero attached hydrogens (tertiary/aromatic N) is 3. The Hall–Kier alpha value is -2.19. The van der Waals surface area contributed by atoms with Gasteiger partial charge in [0.25, 0.3) is 0 Å². The zero-order valence-electron chi connectivity index (χ0n) is 14.1. The molecule has 25 heavy (non-hydrogen) atoms. The molecule has 0 amide bonds. The van der Waals surface area contributed by atoms with Crippen LogP contribution in [0.1, 0.15) is 19.8 Å². The van der Waals surface area contributed by atoms with E-state index in [-0.39, 0.29) is 10.9 Å². The third-order valence-corrected chi connectivity index (χ3v) is 5.56. The van der Waals surface area contributed by atoms with Crippen molar-refractivity contribution in [3.05, 3.63) is 42.7 Å². The molecule has 1 fully saturated rings. The van der Waals surface area contributed by atoms with Crippen molar-refractivity contribution in [2.45, 2.75) is 30.7 Å². The molecule has 1 aliphatic heterocycles. The van der Waals surface area contributed by atoms with Gasteiger partial charge in [0.1, 0.15) is 5.75 Å². The highest BCUT2D eigenvalue weighted by atomic mass is 32.2. The van der Waals surface area contributed by atoms with Gasteiger partial charge in [0, 0.05) is 31.5 Å². The molecule has 1 aliphatic rings. The van der Waals surface area contributed by atoms with Gasteiger partial charge in [-0.3, -0.25) is 0 Å². The molecule has 0 radical (unpaired) electrons. The third-order valence-electron chi connectivity index (χ3n) is 4.02. The van der Waals surface area contributed by atoms with Gasteiger partial charge in [-0.15, -0.1) is 0 Å². The van der Waals surface area contributed by atoms with E-state index in [1.165, 1.54) is 0 Å². The number of hydrogen-bond acceptors (Lipinski definition) is 6. The molecule has 1 aromatic carbocycles. The second-order valence-corrected chi connectivity index (χ2v) is 7.57. The smallest absolute Gasteiger partial charge is 0.240 e. The molecule has 7 nitrogen and oxygen atoms in total. The first-order valence-electron chi connectivity index (χ1n) is 8.35. The predicted octanol–water partition coefficient (Wildman–Crippen LogP) is 1.82. The van der Waals surface area contributed by atoms with E-state index in [1.807, 2.05) is 11.8 Å². The maximum absolute atomic E-state index is 12.6. The van der Waals surface area contributed by atoms with E-state index in [0.717, 1.165) is 19.4 Å². The highest BCUT2D eigenvalue weighted by Gasteiger charge is 2.26. The second-order valence-electron chi connectivity index (χ2n) is 5.86. The van der Waals surface area contributed by atoms with Crippen molar-refractivity contribution >= 4 is 16.0 Å². The molecule has 0 bridgehead atoms. The Balaban J connectivity index is 1.67. The summed E-state index contributed by atoms with van der Waals surface area (Å²) in [5.74, 6) is 1.29. The number of hydrogen-bond donors (Lipinski definition) is 1. The molecule has 0 spiro atoms. The van der Waals surface area contributed by atoms with Crippen LogP contribution in [0, 0.1) is 0 Å². The van der Waals surface area contributed by atoms with E-state index in [0.29, 0.717) is 24.8 Å². The van der Waals surface area contributed by atoms with Crippen molar-refractivity contribution in [2.75, 3.05) is 24.6 Å². The summed E-state index contributed by atoms with van der Waals surface area (Å²) in [6, 6.07) is 8.06. The predicted molar refractivity (Wildman–Crippen MR) is 95.2 cm³/mol. The lowest BCUT2D eigenvalue weighted by Gasteiger charge is -2.32.